The molecule has 21 heavy (non-hydrogen) atoms. The van der Waals surface area contributed by atoms with Crippen LogP contribution in [0.4, 0.5) is 18.9 Å². The first kappa shape index (κ1) is 14.9. The summed E-state index contributed by atoms with van der Waals surface area (Å²) >= 11 is 0. The molecular weight excluding hydrogens is 283 g/mol. The summed E-state index contributed by atoms with van der Waals surface area (Å²) in [5.41, 5.74) is 1.26. The molecule has 0 saturated heterocycles. The molecule has 1 N–H and O–H groups in total. The molecule has 6 heteroatoms. The summed E-state index contributed by atoms with van der Waals surface area (Å²) < 4.78 is 39.8. The van der Waals surface area contributed by atoms with E-state index in [0.29, 0.717) is 5.69 Å². The van der Waals surface area contributed by atoms with Crippen LogP contribution in [-0.2, 0) is 11.2 Å². The Morgan fingerprint density at radius 2 is 1.62 bits per heavy atom. The largest absolute Gasteiger partial charge is 0.573 e. The van der Waals surface area contributed by atoms with Crippen LogP contribution in [-0.4, -0.2) is 12.3 Å². The van der Waals surface area contributed by atoms with E-state index >= 15 is 0 Å². The molecule has 2 aromatic carbocycles. The van der Waals surface area contributed by atoms with Crippen LogP contribution in [0.15, 0.2) is 54.6 Å². The zero-order valence-corrected chi connectivity index (χ0v) is 10.9. The first-order chi connectivity index (χ1) is 9.92. The number of alkyl halides is 3. The second kappa shape index (κ2) is 6.30. The highest BCUT2D eigenvalue weighted by molar-refractivity contribution is 5.92. The van der Waals surface area contributed by atoms with Crippen LogP contribution in [0.1, 0.15) is 5.56 Å². The lowest BCUT2D eigenvalue weighted by atomic mass is 10.1. The van der Waals surface area contributed by atoms with E-state index in [1.54, 1.807) is 0 Å². The van der Waals surface area contributed by atoms with Crippen LogP contribution in [0.2, 0.25) is 0 Å². The summed E-state index contributed by atoms with van der Waals surface area (Å²) in [6.07, 6.45) is -4.53. The topological polar surface area (TPSA) is 38.3 Å². The molecule has 0 aliphatic heterocycles. The predicted octanol–water partition coefficient (Wildman–Crippen LogP) is 3.77. The number of hydrogen-bond donors (Lipinski definition) is 1. The van der Waals surface area contributed by atoms with Crippen molar-refractivity contribution in [3.05, 3.63) is 60.2 Å². The number of nitrogens with one attached hydrogen (secondary N) is 1. The van der Waals surface area contributed by atoms with Crippen molar-refractivity contribution in [1.29, 1.82) is 0 Å². The Kier molecular flexibility index (Phi) is 4.47. The van der Waals surface area contributed by atoms with Crippen LogP contribution >= 0.6 is 0 Å². The number of carbonyl (C=O) groups excluding carboxylic acids is 1. The number of carbonyl (C=O) groups is 1. The molecule has 0 heterocycles. The summed E-state index contributed by atoms with van der Waals surface area (Å²) in [5.74, 6) is -0.575. The van der Waals surface area contributed by atoms with Gasteiger partial charge in [-0.15, -0.1) is 13.2 Å². The number of rotatable bonds is 4. The Labute approximate surface area is 119 Å². The maximum absolute atomic E-state index is 12.0. The lowest BCUT2D eigenvalue weighted by molar-refractivity contribution is -0.274. The van der Waals surface area contributed by atoms with Crippen LogP contribution in [0.5, 0.6) is 5.75 Å². The molecule has 0 aliphatic rings. The minimum absolute atomic E-state index is 0.196. The fourth-order valence-corrected chi connectivity index (χ4v) is 1.73. The predicted molar refractivity (Wildman–Crippen MR) is 71.9 cm³/mol. The fourth-order valence-electron chi connectivity index (χ4n) is 1.73. The first-order valence-corrected chi connectivity index (χ1v) is 6.12. The van der Waals surface area contributed by atoms with E-state index in [1.807, 2.05) is 30.3 Å². The van der Waals surface area contributed by atoms with Gasteiger partial charge in [0, 0.05) is 5.69 Å². The number of anilines is 1. The maximum atomic E-state index is 12.0. The molecular formula is C15H12F3NO2. The Hall–Kier alpha value is -2.50. The maximum Gasteiger partial charge on any atom is 0.573 e. The minimum atomic E-state index is -4.72. The van der Waals surface area contributed by atoms with Gasteiger partial charge in [-0.2, -0.15) is 0 Å². The first-order valence-electron chi connectivity index (χ1n) is 6.12. The average Bonchev–Trinajstić information content (AvgIpc) is 2.40. The van der Waals surface area contributed by atoms with Gasteiger partial charge in [0.25, 0.3) is 0 Å². The molecule has 0 radical (unpaired) electrons. The molecule has 1 amide bonds. The molecule has 3 nitrogen and oxygen atoms in total. The van der Waals surface area contributed by atoms with Crippen molar-refractivity contribution >= 4 is 11.6 Å². The van der Waals surface area contributed by atoms with Crippen molar-refractivity contribution in [3.8, 4) is 5.75 Å². The summed E-state index contributed by atoms with van der Waals surface area (Å²) in [6.45, 7) is 0. The Morgan fingerprint density at radius 3 is 2.19 bits per heavy atom. The third kappa shape index (κ3) is 5.18. The molecule has 0 spiro atoms. The van der Waals surface area contributed by atoms with E-state index in [-0.39, 0.29) is 18.1 Å². The smallest absolute Gasteiger partial charge is 0.406 e. The molecule has 0 aliphatic carbocycles. The lowest BCUT2D eigenvalue weighted by Gasteiger charge is -2.10. The summed E-state index contributed by atoms with van der Waals surface area (Å²) in [6, 6.07) is 14.1. The van der Waals surface area contributed by atoms with Crippen LogP contribution < -0.4 is 10.1 Å². The van der Waals surface area contributed by atoms with Crippen LogP contribution in [0.3, 0.4) is 0 Å². The summed E-state index contributed by atoms with van der Waals surface area (Å²) in [5, 5.41) is 2.60. The highest BCUT2D eigenvalue weighted by atomic mass is 19.4. The second-order valence-electron chi connectivity index (χ2n) is 4.28. The summed E-state index contributed by atoms with van der Waals surface area (Å²) in [4.78, 5) is 11.8. The monoisotopic (exact) mass is 295 g/mol. The van der Waals surface area contributed by atoms with Crippen molar-refractivity contribution in [1.82, 2.24) is 0 Å². The van der Waals surface area contributed by atoms with E-state index in [9.17, 15) is 18.0 Å². The SMILES string of the molecule is O=C(Cc1ccccc1)Nc1ccc(OC(F)(F)F)cc1. The van der Waals surface area contributed by atoms with Gasteiger partial charge in [0.15, 0.2) is 0 Å². The zero-order chi connectivity index (χ0) is 15.3. The second-order valence-corrected chi connectivity index (χ2v) is 4.28. The highest BCUT2D eigenvalue weighted by Crippen LogP contribution is 2.23. The van der Waals surface area contributed by atoms with Gasteiger partial charge in [0.2, 0.25) is 5.91 Å². The van der Waals surface area contributed by atoms with Gasteiger partial charge in [-0.1, -0.05) is 30.3 Å². The lowest BCUT2D eigenvalue weighted by Crippen LogP contribution is -2.17. The third-order valence-corrected chi connectivity index (χ3v) is 2.58. The minimum Gasteiger partial charge on any atom is -0.406 e. The normalized spacial score (nSPS) is 11.0. The highest BCUT2D eigenvalue weighted by Gasteiger charge is 2.30. The number of halogens is 3. The van der Waals surface area contributed by atoms with E-state index < -0.39 is 6.36 Å². The van der Waals surface area contributed by atoms with Crippen LogP contribution in [0, 0.1) is 0 Å². The Bertz CT molecular complexity index is 595. The molecule has 2 aromatic rings. The number of benzene rings is 2. The fraction of sp³-hybridized carbons (Fsp3) is 0.133. The van der Waals surface area contributed by atoms with Crippen molar-refractivity contribution in [2.24, 2.45) is 0 Å². The van der Waals surface area contributed by atoms with Gasteiger partial charge >= 0.3 is 6.36 Å². The van der Waals surface area contributed by atoms with Gasteiger partial charge in [0.1, 0.15) is 5.75 Å². The Balaban J connectivity index is 1.92. The molecule has 0 unspecified atom stereocenters. The van der Waals surface area contributed by atoms with Gasteiger partial charge in [-0.05, 0) is 29.8 Å². The number of hydrogen-bond acceptors (Lipinski definition) is 2. The molecule has 0 saturated carbocycles. The third-order valence-electron chi connectivity index (χ3n) is 2.58. The van der Waals surface area contributed by atoms with E-state index in [2.05, 4.69) is 10.1 Å². The van der Waals surface area contributed by atoms with Gasteiger partial charge < -0.3 is 10.1 Å². The van der Waals surface area contributed by atoms with Crippen LogP contribution in [0.25, 0.3) is 0 Å². The van der Waals surface area contributed by atoms with Gasteiger partial charge in [-0.3, -0.25) is 4.79 Å². The van der Waals surface area contributed by atoms with Crippen molar-refractivity contribution in [2.75, 3.05) is 5.32 Å². The molecule has 0 atom stereocenters. The van der Waals surface area contributed by atoms with Crippen molar-refractivity contribution < 1.29 is 22.7 Å². The average molecular weight is 295 g/mol. The van der Waals surface area contributed by atoms with E-state index in [1.165, 1.54) is 12.1 Å². The van der Waals surface area contributed by atoms with Gasteiger partial charge in [-0.25, -0.2) is 0 Å². The molecule has 0 aromatic heterocycles. The van der Waals surface area contributed by atoms with Crippen molar-refractivity contribution in [3.63, 3.8) is 0 Å². The molecule has 2 rings (SSSR count). The number of amides is 1. The zero-order valence-electron chi connectivity index (χ0n) is 10.9. The molecule has 0 fully saturated rings. The van der Waals surface area contributed by atoms with E-state index in [0.717, 1.165) is 17.7 Å². The number of ether oxygens (including phenoxy) is 1. The molecule has 0 bridgehead atoms. The Morgan fingerprint density at radius 1 is 1.00 bits per heavy atom. The van der Waals surface area contributed by atoms with E-state index in [4.69, 9.17) is 0 Å². The standard InChI is InChI=1S/C15H12F3NO2/c16-15(17,18)21-13-8-6-12(7-9-13)19-14(20)10-11-4-2-1-3-5-11/h1-9H,10H2,(H,19,20). The van der Waals surface area contributed by atoms with Gasteiger partial charge in [0.05, 0.1) is 6.42 Å². The quantitative estimate of drug-likeness (QED) is 0.932. The summed E-state index contributed by atoms with van der Waals surface area (Å²) in [7, 11) is 0. The van der Waals surface area contributed by atoms with Crippen molar-refractivity contribution in [2.45, 2.75) is 12.8 Å². The molecule has 110 valence electrons.